The average molecular weight is 291 g/mol. The van der Waals surface area contributed by atoms with Crippen LogP contribution in [0.3, 0.4) is 0 Å². The molecule has 6 nitrogen and oxygen atoms in total. The Morgan fingerprint density at radius 2 is 2.30 bits per heavy atom. The highest BCUT2D eigenvalue weighted by atomic mass is 32.2. The second-order valence-corrected chi connectivity index (χ2v) is 5.23. The zero-order chi connectivity index (χ0) is 14.5. The van der Waals surface area contributed by atoms with Gasteiger partial charge in [-0.15, -0.1) is 10.2 Å². The topological polar surface area (TPSA) is 77.0 Å². The van der Waals surface area contributed by atoms with Crippen molar-refractivity contribution >= 4 is 23.4 Å². The summed E-state index contributed by atoms with van der Waals surface area (Å²) in [5.74, 6) is 5.91. The number of nitrogens with two attached hydrogens (primary N) is 1. The minimum absolute atomic E-state index is 0.0195. The number of nitrogen functional groups attached to an aromatic ring is 1. The highest BCUT2D eigenvalue weighted by molar-refractivity contribution is 7.99. The quantitative estimate of drug-likeness (QED) is 0.666. The lowest BCUT2D eigenvalue weighted by Crippen LogP contribution is -2.32. The Kier molecular flexibility index (Phi) is 4.62. The maximum Gasteiger partial charge on any atom is 0.237 e. The Balaban J connectivity index is 2.04. The molecule has 106 valence electrons. The van der Waals surface area contributed by atoms with Gasteiger partial charge >= 0.3 is 0 Å². The number of thioether (sulfide) groups is 1. The zero-order valence-electron chi connectivity index (χ0n) is 11.5. The molecule has 7 heteroatoms. The van der Waals surface area contributed by atoms with E-state index < -0.39 is 0 Å². The van der Waals surface area contributed by atoms with Crippen molar-refractivity contribution in [2.45, 2.75) is 19.0 Å². The number of carbonyl (C=O) groups excluding carboxylic acids is 1. The number of anilines is 1. The number of amides is 1. The smallest absolute Gasteiger partial charge is 0.237 e. The van der Waals surface area contributed by atoms with Crippen molar-refractivity contribution in [3.05, 3.63) is 36.2 Å². The molecule has 20 heavy (non-hydrogen) atoms. The van der Waals surface area contributed by atoms with Gasteiger partial charge in [0.25, 0.3) is 0 Å². The normalized spacial score (nSPS) is 10.5. The summed E-state index contributed by atoms with van der Waals surface area (Å²) < 4.78 is 1.31. The van der Waals surface area contributed by atoms with Crippen LogP contribution in [0.4, 0.5) is 5.69 Å². The van der Waals surface area contributed by atoms with Crippen LogP contribution in [0.5, 0.6) is 0 Å². The van der Waals surface area contributed by atoms with Crippen LogP contribution in [-0.2, 0) is 4.79 Å². The van der Waals surface area contributed by atoms with Gasteiger partial charge in [0.15, 0.2) is 0 Å². The van der Waals surface area contributed by atoms with Crippen molar-refractivity contribution in [3.63, 3.8) is 0 Å². The Labute approximate surface area is 121 Å². The van der Waals surface area contributed by atoms with Gasteiger partial charge in [0.05, 0.1) is 5.75 Å². The lowest BCUT2D eigenvalue weighted by Gasteiger charge is -2.21. The van der Waals surface area contributed by atoms with Gasteiger partial charge in [-0.25, -0.2) is 4.68 Å². The van der Waals surface area contributed by atoms with Crippen molar-refractivity contribution in [3.8, 4) is 0 Å². The Morgan fingerprint density at radius 3 is 2.90 bits per heavy atom. The minimum Gasteiger partial charge on any atom is -0.336 e. The van der Waals surface area contributed by atoms with Crippen LogP contribution in [0.25, 0.3) is 0 Å². The molecule has 0 unspecified atom stereocenters. The summed E-state index contributed by atoms with van der Waals surface area (Å²) in [6.45, 7) is 4.59. The second kappa shape index (κ2) is 6.42. The van der Waals surface area contributed by atoms with Gasteiger partial charge in [-0.05, 0) is 31.5 Å². The van der Waals surface area contributed by atoms with E-state index in [9.17, 15) is 4.79 Å². The molecule has 0 aliphatic heterocycles. The summed E-state index contributed by atoms with van der Waals surface area (Å²) >= 11 is 1.28. The van der Waals surface area contributed by atoms with Crippen LogP contribution >= 0.6 is 11.8 Å². The Bertz CT molecular complexity index is 598. The highest BCUT2D eigenvalue weighted by Crippen LogP contribution is 2.19. The fourth-order valence-corrected chi connectivity index (χ4v) is 2.55. The fourth-order valence-electron chi connectivity index (χ4n) is 1.84. The largest absolute Gasteiger partial charge is 0.336 e. The molecule has 0 saturated carbocycles. The molecule has 0 spiro atoms. The minimum atomic E-state index is 0.0195. The average Bonchev–Trinajstić information content (AvgIpc) is 2.83. The Morgan fingerprint density at radius 1 is 1.50 bits per heavy atom. The third-order valence-electron chi connectivity index (χ3n) is 2.80. The zero-order valence-corrected chi connectivity index (χ0v) is 12.3. The number of nitrogens with zero attached hydrogens (tertiary/aromatic N) is 4. The van der Waals surface area contributed by atoms with E-state index in [0.717, 1.165) is 11.3 Å². The summed E-state index contributed by atoms with van der Waals surface area (Å²) in [6.07, 6.45) is 1.41. The number of hydrogen-bond donors (Lipinski definition) is 1. The molecule has 0 fully saturated rings. The van der Waals surface area contributed by atoms with Gasteiger partial charge in [-0.3, -0.25) is 4.79 Å². The molecule has 2 N–H and O–H groups in total. The van der Waals surface area contributed by atoms with Gasteiger partial charge in [0.1, 0.15) is 6.33 Å². The lowest BCUT2D eigenvalue weighted by molar-refractivity contribution is -0.116. The molecule has 1 aromatic carbocycles. The van der Waals surface area contributed by atoms with Gasteiger partial charge in [0.2, 0.25) is 11.1 Å². The summed E-state index contributed by atoms with van der Waals surface area (Å²) in [4.78, 5) is 14.0. The summed E-state index contributed by atoms with van der Waals surface area (Å²) in [5.41, 5.74) is 2.04. The fraction of sp³-hybridized carbons (Fsp3) is 0.308. The van der Waals surface area contributed by atoms with Gasteiger partial charge in [-0.1, -0.05) is 23.9 Å². The number of hydrogen-bond acceptors (Lipinski definition) is 5. The molecular formula is C13H17N5OS. The third-order valence-corrected chi connectivity index (χ3v) is 3.74. The van der Waals surface area contributed by atoms with Crippen molar-refractivity contribution in [1.82, 2.24) is 14.9 Å². The van der Waals surface area contributed by atoms with E-state index in [2.05, 4.69) is 10.2 Å². The van der Waals surface area contributed by atoms with Crippen LogP contribution in [0.15, 0.2) is 35.7 Å². The molecule has 0 aliphatic rings. The predicted octanol–water partition coefficient (Wildman–Crippen LogP) is 1.45. The van der Waals surface area contributed by atoms with Crippen molar-refractivity contribution in [1.29, 1.82) is 0 Å². The van der Waals surface area contributed by atoms with Gasteiger partial charge in [-0.2, -0.15) is 0 Å². The van der Waals surface area contributed by atoms with Crippen LogP contribution < -0.4 is 10.7 Å². The molecule has 0 bridgehead atoms. The highest BCUT2D eigenvalue weighted by Gasteiger charge is 2.15. The van der Waals surface area contributed by atoms with Crippen LogP contribution in [0.1, 0.15) is 12.5 Å². The number of aryl methyl sites for hydroxylation is 1. The molecule has 0 radical (unpaired) electrons. The monoisotopic (exact) mass is 291 g/mol. The van der Waals surface area contributed by atoms with E-state index in [1.54, 1.807) is 4.90 Å². The van der Waals surface area contributed by atoms with Crippen molar-refractivity contribution < 1.29 is 4.79 Å². The van der Waals surface area contributed by atoms with E-state index in [-0.39, 0.29) is 11.7 Å². The molecule has 0 aliphatic carbocycles. The molecular weight excluding hydrogens is 274 g/mol. The first-order valence-electron chi connectivity index (χ1n) is 6.26. The van der Waals surface area contributed by atoms with Crippen LogP contribution in [0, 0.1) is 6.92 Å². The number of rotatable bonds is 5. The summed E-state index contributed by atoms with van der Waals surface area (Å²) in [6, 6.07) is 7.89. The van der Waals surface area contributed by atoms with Crippen molar-refractivity contribution in [2.24, 2.45) is 0 Å². The molecule has 0 saturated heterocycles. The van der Waals surface area contributed by atoms with Gasteiger partial charge < -0.3 is 10.7 Å². The van der Waals surface area contributed by atoms with E-state index in [1.807, 2.05) is 38.1 Å². The van der Waals surface area contributed by atoms with E-state index in [4.69, 9.17) is 5.84 Å². The SMILES string of the molecule is CCN(C(=O)CSc1nncn1N)c1cccc(C)c1. The molecule has 1 heterocycles. The standard InChI is InChI=1S/C13H17N5OS/c1-3-17(11-6-4-5-10(2)7-11)12(19)8-20-13-16-15-9-18(13)14/h4-7,9H,3,8,14H2,1-2H3. The maximum atomic E-state index is 12.3. The predicted molar refractivity (Wildman–Crippen MR) is 80.1 cm³/mol. The van der Waals surface area contributed by atoms with E-state index in [0.29, 0.717) is 11.7 Å². The third kappa shape index (κ3) is 3.30. The second-order valence-electron chi connectivity index (χ2n) is 4.29. The van der Waals surface area contributed by atoms with Crippen molar-refractivity contribution in [2.75, 3.05) is 23.0 Å². The first-order valence-corrected chi connectivity index (χ1v) is 7.25. The van der Waals surface area contributed by atoms with Gasteiger partial charge in [0, 0.05) is 12.2 Å². The first-order chi connectivity index (χ1) is 9.61. The van der Waals surface area contributed by atoms with E-state index in [1.165, 1.54) is 22.8 Å². The molecule has 2 rings (SSSR count). The number of aromatic nitrogens is 3. The van der Waals surface area contributed by atoms with Crippen LogP contribution in [-0.4, -0.2) is 33.1 Å². The molecule has 0 atom stereocenters. The van der Waals surface area contributed by atoms with Crippen LogP contribution in [0.2, 0.25) is 0 Å². The number of carbonyl (C=O) groups is 1. The summed E-state index contributed by atoms with van der Waals surface area (Å²) in [5, 5.41) is 8.04. The molecule has 2 aromatic rings. The summed E-state index contributed by atoms with van der Waals surface area (Å²) in [7, 11) is 0. The molecule has 1 aromatic heterocycles. The first kappa shape index (κ1) is 14.4. The Hall–Kier alpha value is -2.02. The number of benzene rings is 1. The van der Waals surface area contributed by atoms with E-state index >= 15 is 0 Å². The lowest BCUT2D eigenvalue weighted by atomic mass is 10.2. The molecule has 1 amide bonds. The maximum absolute atomic E-state index is 12.3.